The zero-order valence-electron chi connectivity index (χ0n) is 17.4. The number of carbonyl (C=O) groups is 1. The summed E-state index contributed by atoms with van der Waals surface area (Å²) < 4.78 is 43.1. The van der Waals surface area contributed by atoms with Gasteiger partial charge in [0, 0.05) is 34.5 Å². The van der Waals surface area contributed by atoms with Crippen LogP contribution in [-0.4, -0.2) is 30.3 Å². The summed E-state index contributed by atoms with van der Waals surface area (Å²) in [4.78, 5) is 17.0. The first-order valence-corrected chi connectivity index (χ1v) is 10.6. The van der Waals surface area contributed by atoms with Crippen LogP contribution in [0.25, 0.3) is 5.65 Å². The van der Waals surface area contributed by atoms with Crippen molar-refractivity contribution in [1.29, 1.82) is 0 Å². The molecule has 1 amide bonds. The standard InChI is InChI=1S/C22H18ClF3N6O/c1-12-7-19(30-31(12)11-13-3-2-4-15(23)8-13)28-21(33)17-10-20-27-16(14-5-6-14)9-18(22(24,25)26)32(20)29-17/h2-4,7-10,14H,5-6,11H2,1H3,(H,28,30,33). The van der Waals surface area contributed by atoms with Gasteiger partial charge in [0.2, 0.25) is 0 Å². The summed E-state index contributed by atoms with van der Waals surface area (Å²) in [5, 5.41) is 11.5. The Hall–Kier alpha value is -3.40. The first kappa shape index (κ1) is 21.4. The molecule has 1 aliphatic rings. The van der Waals surface area contributed by atoms with Gasteiger partial charge in [0.15, 0.2) is 17.2 Å². The smallest absolute Gasteiger partial charge is 0.304 e. The lowest BCUT2D eigenvalue weighted by Crippen LogP contribution is -2.16. The van der Waals surface area contributed by atoms with Crippen molar-refractivity contribution in [2.75, 3.05) is 5.32 Å². The Morgan fingerprint density at radius 2 is 1.97 bits per heavy atom. The number of hydrogen-bond acceptors (Lipinski definition) is 4. The number of nitrogens with one attached hydrogen (secondary N) is 1. The van der Waals surface area contributed by atoms with Crippen molar-refractivity contribution in [3.8, 4) is 0 Å². The second-order valence-corrected chi connectivity index (χ2v) is 8.49. The number of aromatic nitrogens is 5. The molecule has 4 aromatic rings. The molecule has 170 valence electrons. The van der Waals surface area contributed by atoms with Gasteiger partial charge in [0.05, 0.1) is 6.54 Å². The van der Waals surface area contributed by atoms with E-state index in [1.807, 2.05) is 25.1 Å². The number of aryl methyl sites for hydroxylation is 1. The molecule has 0 unspecified atom stereocenters. The third kappa shape index (κ3) is 4.43. The molecule has 0 bridgehead atoms. The van der Waals surface area contributed by atoms with Gasteiger partial charge in [-0.05, 0) is 43.5 Å². The van der Waals surface area contributed by atoms with Gasteiger partial charge >= 0.3 is 6.18 Å². The van der Waals surface area contributed by atoms with Gasteiger partial charge in [-0.15, -0.1) is 0 Å². The largest absolute Gasteiger partial charge is 0.433 e. The highest BCUT2D eigenvalue weighted by atomic mass is 35.5. The topological polar surface area (TPSA) is 77.1 Å². The number of hydrogen-bond donors (Lipinski definition) is 1. The fourth-order valence-corrected chi connectivity index (χ4v) is 3.83. The average molecular weight is 475 g/mol. The lowest BCUT2D eigenvalue weighted by Gasteiger charge is -2.10. The fourth-order valence-electron chi connectivity index (χ4n) is 3.61. The van der Waals surface area contributed by atoms with E-state index in [-0.39, 0.29) is 23.1 Å². The Bertz CT molecular complexity index is 1370. The maximum absolute atomic E-state index is 13.6. The molecular formula is C22H18ClF3N6O. The Labute approximate surface area is 191 Å². The van der Waals surface area contributed by atoms with Gasteiger partial charge in [-0.3, -0.25) is 9.48 Å². The number of rotatable bonds is 5. The van der Waals surface area contributed by atoms with E-state index in [4.69, 9.17) is 11.6 Å². The lowest BCUT2D eigenvalue weighted by atomic mass is 10.2. The third-order valence-electron chi connectivity index (χ3n) is 5.41. The van der Waals surface area contributed by atoms with Crippen LogP contribution in [0.1, 0.15) is 51.9 Å². The van der Waals surface area contributed by atoms with Gasteiger partial charge < -0.3 is 5.32 Å². The maximum atomic E-state index is 13.6. The monoisotopic (exact) mass is 474 g/mol. The summed E-state index contributed by atoms with van der Waals surface area (Å²) >= 11 is 6.02. The van der Waals surface area contributed by atoms with E-state index in [1.165, 1.54) is 6.07 Å². The number of alkyl halides is 3. The molecule has 1 fully saturated rings. The second-order valence-electron chi connectivity index (χ2n) is 8.05. The molecule has 11 heteroatoms. The zero-order valence-corrected chi connectivity index (χ0v) is 18.2. The van der Waals surface area contributed by atoms with Crippen LogP contribution < -0.4 is 5.32 Å². The number of carbonyl (C=O) groups excluding carboxylic acids is 1. The molecule has 0 spiro atoms. The lowest BCUT2D eigenvalue weighted by molar-refractivity contribution is -0.142. The Morgan fingerprint density at radius 3 is 2.67 bits per heavy atom. The SMILES string of the molecule is Cc1cc(NC(=O)c2cc3nc(C4CC4)cc(C(F)(F)F)n3n2)nn1Cc1cccc(Cl)c1. The van der Waals surface area contributed by atoms with Gasteiger partial charge in [0.1, 0.15) is 5.69 Å². The van der Waals surface area contributed by atoms with Crippen LogP contribution in [0.15, 0.2) is 42.5 Å². The molecule has 33 heavy (non-hydrogen) atoms. The molecule has 0 saturated heterocycles. The van der Waals surface area contributed by atoms with Crippen LogP contribution in [0.4, 0.5) is 19.0 Å². The van der Waals surface area contributed by atoms with Crippen LogP contribution in [0.2, 0.25) is 5.02 Å². The quantitative estimate of drug-likeness (QED) is 0.437. The average Bonchev–Trinajstić information content (AvgIpc) is 3.41. The van der Waals surface area contributed by atoms with Crippen molar-refractivity contribution in [2.45, 2.75) is 38.4 Å². The van der Waals surface area contributed by atoms with Crippen molar-refractivity contribution >= 4 is 29.0 Å². The van der Waals surface area contributed by atoms with Gasteiger partial charge in [-0.2, -0.15) is 23.4 Å². The maximum Gasteiger partial charge on any atom is 0.433 e. The molecule has 7 nitrogen and oxygen atoms in total. The van der Waals surface area contributed by atoms with Crippen molar-refractivity contribution in [1.82, 2.24) is 24.4 Å². The van der Waals surface area contributed by atoms with E-state index >= 15 is 0 Å². The van der Waals surface area contributed by atoms with Crippen LogP contribution >= 0.6 is 11.6 Å². The Morgan fingerprint density at radius 1 is 1.18 bits per heavy atom. The minimum absolute atomic E-state index is 0.0143. The molecule has 3 heterocycles. The molecule has 0 atom stereocenters. The minimum Gasteiger partial charge on any atom is -0.304 e. The number of amides is 1. The highest BCUT2D eigenvalue weighted by Crippen LogP contribution is 2.41. The summed E-state index contributed by atoms with van der Waals surface area (Å²) in [5.74, 6) is -0.386. The van der Waals surface area contributed by atoms with E-state index in [2.05, 4.69) is 20.5 Å². The number of anilines is 1. The van der Waals surface area contributed by atoms with E-state index in [0.717, 1.165) is 30.2 Å². The van der Waals surface area contributed by atoms with Crippen molar-refractivity contribution in [3.05, 3.63) is 75.8 Å². The van der Waals surface area contributed by atoms with E-state index in [1.54, 1.807) is 16.8 Å². The molecule has 0 radical (unpaired) electrons. The summed E-state index contributed by atoms with van der Waals surface area (Å²) in [7, 11) is 0. The van der Waals surface area contributed by atoms with E-state index in [0.29, 0.717) is 21.8 Å². The van der Waals surface area contributed by atoms with Crippen molar-refractivity contribution < 1.29 is 18.0 Å². The van der Waals surface area contributed by atoms with Gasteiger partial charge in [-0.1, -0.05) is 23.7 Å². The van der Waals surface area contributed by atoms with Gasteiger partial charge in [-0.25, -0.2) is 9.50 Å². The zero-order chi connectivity index (χ0) is 23.3. The summed E-state index contributed by atoms with van der Waals surface area (Å²) in [6.45, 7) is 2.27. The molecular weight excluding hydrogens is 457 g/mol. The number of halogens is 4. The first-order valence-electron chi connectivity index (χ1n) is 10.3. The third-order valence-corrected chi connectivity index (χ3v) is 5.64. The number of nitrogens with zero attached hydrogens (tertiary/aromatic N) is 5. The van der Waals surface area contributed by atoms with E-state index in [9.17, 15) is 18.0 Å². The minimum atomic E-state index is -4.62. The van der Waals surface area contributed by atoms with Crippen LogP contribution in [0, 0.1) is 6.92 Å². The molecule has 5 rings (SSSR count). The summed E-state index contributed by atoms with van der Waals surface area (Å²) in [5.41, 5.74) is 0.953. The van der Waals surface area contributed by atoms with E-state index < -0.39 is 17.8 Å². The highest BCUT2D eigenvalue weighted by molar-refractivity contribution is 6.30. The predicted octanol–water partition coefficient (Wildman–Crippen LogP) is 5.08. The second kappa shape index (κ2) is 7.87. The predicted molar refractivity (Wildman–Crippen MR) is 115 cm³/mol. The normalized spacial score (nSPS) is 14.1. The summed E-state index contributed by atoms with van der Waals surface area (Å²) in [6, 6.07) is 11.3. The molecule has 1 aliphatic carbocycles. The first-order chi connectivity index (χ1) is 15.7. The fraction of sp³-hybridized carbons (Fsp3) is 0.273. The number of benzene rings is 1. The molecule has 1 N–H and O–H groups in total. The molecule has 3 aromatic heterocycles. The van der Waals surface area contributed by atoms with Crippen LogP contribution in [-0.2, 0) is 12.7 Å². The van der Waals surface area contributed by atoms with Crippen molar-refractivity contribution in [3.63, 3.8) is 0 Å². The Kier molecular flexibility index (Phi) is 5.12. The summed E-state index contributed by atoms with van der Waals surface area (Å²) in [6.07, 6.45) is -3.01. The molecule has 1 aromatic carbocycles. The molecule has 1 saturated carbocycles. The van der Waals surface area contributed by atoms with Crippen LogP contribution in [0.5, 0.6) is 0 Å². The number of fused-ring (bicyclic) bond motifs is 1. The molecule has 0 aliphatic heterocycles. The Balaban J connectivity index is 1.40. The van der Waals surface area contributed by atoms with Crippen LogP contribution in [0.3, 0.4) is 0 Å². The van der Waals surface area contributed by atoms with Gasteiger partial charge in [0.25, 0.3) is 5.91 Å². The van der Waals surface area contributed by atoms with Crippen molar-refractivity contribution in [2.24, 2.45) is 0 Å². The highest BCUT2D eigenvalue weighted by Gasteiger charge is 2.37.